The summed E-state index contributed by atoms with van der Waals surface area (Å²) in [6.45, 7) is 6.22. The number of ether oxygens (including phenoxy) is 1. The Bertz CT molecular complexity index is 681. The number of esters is 1. The van der Waals surface area contributed by atoms with Crippen LogP contribution < -0.4 is 0 Å². The van der Waals surface area contributed by atoms with Gasteiger partial charge in [-0.3, -0.25) is 4.79 Å². The highest BCUT2D eigenvalue weighted by atomic mass is 16.5. The molecule has 0 amide bonds. The highest BCUT2D eigenvalue weighted by molar-refractivity contribution is 5.69. The number of carbonyl (C=O) groups excluding carboxylic acids is 1. The molecule has 0 radical (unpaired) electrons. The molecule has 2 aromatic rings. The number of aromatic nitrogens is 2. The third kappa shape index (κ3) is 7.49. The zero-order valence-electron chi connectivity index (χ0n) is 16.9. The van der Waals surface area contributed by atoms with Crippen LogP contribution in [0.5, 0.6) is 0 Å². The molecule has 0 aliphatic carbocycles. The second kappa shape index (κ2) is 11.5. The van der Waals surface area contributed by atoms with Gasteiger partial charge in [-0.25, -0.2) is 9.97 Å². The zero-order chi connectivity index (χ0) is 19.5. The van der Waals surface area contributed by atoms with E-state index in [-0.39, 0.29) is 12.1 Å². The van der Waals surface area contributed by atoms with Gasteiger partial charge in [0.2, 0.25) is 0 Å². The van der Waals surface area contributed by atoms with Crippen molar-refractivity contribution in [3.05, 3.63) is 47.8 Å². The Labute approximate surface area is 163 Å². The van der Waals surface area contributed by atoms with Gasteiger partial charge in [0.05, 0.1) is 0 Å². The molecule has 146 valence electrons. The van der Waals surface area contributed by atoms with E-state index in [2.05, 4.69) is 35.9 Å². The molecule has 1 aromatic carbocycles. The number of hydrogen-bond acceptors (Lipinski definition) is 4. The van der Waals surface area contributed by atoms with E-state index in [0.29, 0.717) is 6.42 Å². The summed E-state index contributed by atoms with van der Waals surface area (Å²) < 4.78 is 5.46. The largest absolute Gasteiger partial charge is 0.462 e. The van der Waals surface area contributed by atoms with Crippen LogP contribution in [-0.2, 0) is 22.4 Å². The number of benzene rings is 1. The van der Waals surface area contributed by atoms with Crippen molar-refractivity contribution in [2.45, 2.75) is 78.2 Å². The topological polar surface area (TPSA) is 52.1 Å². The van der Waals surface area contributed by atoms with Gasteiger partial charge >= 0.3 is 5.97 Å². The van der Waals surface area contributed by atoms with Gasteiger partial charge in [-0.2, -0.15) is 0 Å². The maximum Gasteiger partial charge on any atom is 0.306 e. The molecule has 0 aliphatic heterocycles. The number of nitrogens with zero attached hydrogens (tertiary/aromatic N) is 2. The average Bonchev–Trinajstić information content (AvgIpc) is 2.68. The van der Waals surface area contributed by atoms with Crippen LogP contribution in [0.15, 0.2) is 36.7 Å². The molecule has 0 saturated heterocycles. The molecular formula is C23H32N2O2. The van der Waals surface area contributed by atoms with E-state index in [0.717, 1.165) is 42.6 Å². The van der Waals surface area contributed by atoms with Gasteiger partial charge in [-0.1, -0.05) is 57.4 Å². The Hall–Kier alpha value is -2.23. The molecular weight excluding hydrogens is 336 g/mol. The van der Waals surface area contributed by atoms with Crippen LogP contribution in [0.4, 0.5) is 0 Å². The molecule has 1 heterocycles. The lowest BCUT2D eigenvalue weighted by Crippen LogP contribution is -2.17. The summed E-state index contributed by atoms with van der Waals surface area (Å²) in [6.07, 6.45) is 11.6. The molecule has 4 nitrogen and oxygen atoms in total. The van der Waals surface area contributed by atoms with E-state index in [1.165, 1.54) is 24.8 Å². The van der Waals surface area contributed by atoms with Crippen molar-refractivity contribution in [1.29, 1.82) is 0 Å². The number of hydrogen-bond donors (Lipinski definition) is 0. The Balaban J connectivity index is 1.88. The standard InChI is InChI=1S/C23H32N2O2/c1-4-6-8-9-20-16-24-23(25-17-20)21-13-11-19(12-14-21)15-18(3)27-22(26)10-7-5-2/h11-14,16-18H,4-10,15H2,1-3H3. The molecule has 2 rings (SSSR count). The molecule has 0 fully saturated rings. The van der Waals surface area contributed by atoms with E-state index < -0.39 is 0 Å². The molecule has 0 bridgehead atoms. The fourth-order valence-corrected chi connectivity index (χ4v) is 2.98. The summed E-state index contributed by atoms with van der Waals surface area (Å²) in [5.41, 5.74) is 3.35. The third-order valence-electron chi connectivity index (χ3n) is 4.58. The predicted octanol–water partition coefficient (Wildman–Crippen LogP) is 5.54. The van der Waals surface area contributed by atoms with Crippen molar-refractivity contribution >= 4 is 5.97 Å². The lowest BCUT2D eigenvalue weighted by molar-refractivity contribution is -0.148. The van der Waals surface area contributed by atoms with Crippen LogP contribution in [0.25, 0.3) is 11.4 Å². The van der Waals surface area contributed by atoms with Crippen molar-refractivity contribution in [2.75, 3.05) is 0 Å². The van der Waals surface area contributed by atoms with Gasteiger partial charge in [0.25, 0.3) is 0 Å². The van der Waals surface area contributed by atoms with Crippen LogP contribution in [-0.4, -0.2) is 22.0 Å². The van der Waals surface area contributed by atoms with Crippen molar-refractivity contribution in [3.63, 3.8) is 0 Å². The van der Waals surface area contributed by atoms with E-state index in [4.69, 9.17) is 4.74 Å². The monoisotopic (exact) mass is 368 g/mol. The van der Waals surface area contributed by atoms with Gasteiger partial charge in [-0.15, -0.1) is 0 Å². The third-order valence-corrected chi connectivity index (χ3v) is 4.58. The first kappa shape index (κ1) is 21.1. The van der Waals surface area contributed by atoms with E-state index in [1.807, 2.05) is 31.5 Å². The Morgan fingerprint density at radius 3 is 2.26 bits per heavy atom. The minimum atomic E-state index is -0.112. The summed E-state index contributed by atoms with van der Waals surface area (Å²) in [5.74, 6) is 0.647. The highest BCUT2D eigenvalue weighted by Gasteiger charge is 2.10. The summed E-state index contributed by atoms with van der Waals surface area (Å²) in [5, 5.41) is 0. The zero-order valence-corrected chi connectivity index (χ0v) is 16.9. The fourth-order valence-electron chi connectivity index (χ4n) is 2.98. The molecule has 0 spiro atoms. The molecule has 0 aliphatic rings. The quantitative estimate of drug-likeness (QED) is 0.386. The summed E-state index contributed by atoms with van der Waals surface area (Å²) >= 11 is 0. The Kier molecular flexibility index (Phi) is 8.96. The van der Waals surface area contributed by atoms with Gasteiger partial charge in [0.1, 0.15) is 6.10 Å². The van der Waals surface area contributed by atoms with Crippen molar-refractivity contribution < 1.29 is 9.53 Å². The van der Waals surface area contributed by atoms with E-state index >= 15 is 0 Å². The van der Waals surface area contributed by atoms with Gasteiger partial charge in [0, 0.05) is 30.8 Å². The number of rotatable bonds is 11. The van der Waals surface area contributed by atoms with E-state index in [1.54, 1.807) is 0 Å². The Morgan fingerprint density at radius 1 is 0.963 bits per heavy atom. The summed E-state index contributed by atoms with van der Waals surface area (Å²) in [4.78, 5) is 20.7. The van der Waals surface area contributed by atoms with Crippen molar-refractivity contribution in [1.82, 2.24) is 9.97 Å². The second-order valence-corrected chi connectivity index (χ2v) is 7.18. The molecule has 0 N–H and O–H groups in total. The lowest BCUT2D eigenvalue weighted by atomic mass is 10.1. The molecule has 27 heavy (non-hydrogen) atoms. The van der Waals surface area contributed by atoms with Gasteiger partial charge in [-0.05, 0) is 37.3 Å². The minimum Gasteiger partial charge on any atom is -0.462 e. The molecule has 0 saturated carbocycles. The molecule has 4 heteroatoms. The van der Waals surface area contributed by atoms with Crippen LogP contribution >= 0.6 is 0 Å². The van der Waals surface area contributed by atoms with Crippen molar-refractivity contribution in [2.24, 2.45) is 0 Å². The molecule has 1 unspecified atom stereocenters. The summed E-state index contributed by atoms with van der Waals surface area (Å²) in [6, 6.07) is 8.19. The predicted molar refractivity (Wildman–Crippen MR) is 109 cm³/mol. The average molecular weight is 369 g/mol. The lowest BCUT2D eigenvalue weighted by Gasteiger charge is -2.13. The maximum atomic E-state index is 11.7. The van der Waals surface area contributed by atoms with Crippen LogP contribution in [0.2, 0.25) is 0 Å². The summed E-state index contributed by atoms with van der Waals surface area (Å²) in [7, 11) is 0. The number of carbonyl (C=O) groups is 1. The van der Waals surface area contributed by atoms with Crippen LogP contribution in [0.1, 0.15) is 70.4 Å². The fraction of sp³-hybridized carbons (Fsp3) is 0.522. The van der Waals surface area contributed by atoms with Crippen LogP contribution in [0.3, 0.4) is 0 Å². The van der Waals surface area contributed by atoms with E-state index in [9.17, 15) is 4.79 Å². The molecule has 1 atom stereocenters. The van der Waals surface area contributed by atoms with Crippen LogP contribution in [0, 0.1) is 0 Å². The first-order chi connectivity index (χ1) is 13.1. The SMILES string of the molecule is CCCCCc1cnc(-c2ccc(CC(C)OC(=O)CCCC)cc2)nc1. The smallest absolute Gasteiger partial charge is 0.306 e. The van der Waals surface area contributed by atoms with Gasteiger partial charge in [0.15, 0.2) is 5.82 Å². The normalized spacial score (nSPS) is 12.0. The molecule has 1 aromatic heterocycles. The van der Waals surface area contributed by atoms with Gasteiger partial charge < -0.3 is 4.74 Å². The Morgan fingerprint density at radius 2 is 1.63 bits per heavy atom. The number of unbranched alkanes of at least 4 members (excludes halogenated alkanes) is 3. The van der Waals surface area contributed by atoms with Crippen molar-refractivity contribution in [3.8, 4) is 11.4 Å². The number of aryl methyl sites for hydroxylation is 1. The first-order valence-electron chi connectivity index (χ1n) is 10.2. The highest BCUT2D eigenvalue weighted by Crippen LogP contribution is 2.17. The first-order valence-corrected chi connectivity index (χ1v) is 10.2. The minimum absolute atomic E-state index is 0.103. The second-order valence-electron chi connectivity index (χ2n) is 7.18. The maximum absolute atomic E-state index is 11.7.